The molecule has 1 fully saturated rings. The maximum absolute atomic E-state index is 6.15. The van der Waals surface area contributed by atoms with Gasteiger partial charge >= 0.3 is 0 Å². The smallest absolute Gasteiger partial charge is 0.184 e. The van der Waals surface area contributed by atoms with Crippen molar-refractivity contribution in [2.75, 3.05) is 5.73 Å². The summed E-state index contributed by atoms with van der Waals surface area (Å²) in [4.78, 5) is 0. The molecule has 1 unspecified atom stereocenters. The van der Waals surface area contributed by atoms with Gasteiger partial charge in [-0.1, -0.05) is 31.4 Å². The monoisotopic (exact) mass is 285 g/mol. The van der Waals surface area contributed by atoms with E-state index in [9.17, 15) is 0 Å². The SMILES string of the molecule is Cc1cccc(N)c1-c1nnnn1C(C)C1CCCCC1. The minimum atomic E-state index is 0.314. The zero-order valence-corrected chi connectivity index (χ0v) is 12.8. The first-order valence-electron chi connectivity index (χ1n) is 7.82. The minimum absolute atomic E-state index is 0.314. The molecule has 1 saturated carbocycles. The molecule has 0 aliphatic heterocycles. The second kappa shape index (κ2) is 5.84. The highest BCUT2D eigenvalue weighted by atomic mass is 15.5. The van der Waals surface area contributed by atoms with Gasteiger partial charge in [0.1, 0.15) is 0 Å². The van der Waals surface area contributed by atoms with Gasteiger partial charge in [-0.2, -0.15) is 0 Å². The zero-order chi connectivity index (χ0) is 14.8. The molecule has 0 spiro atoms. The van der Waals surface area contributed by atoms with Gasteiger partial charge in [0.05, 0.1) is 6.04 Å². The predicted octanol–water partition coefficient (Wildman–Crippen LogP) is 3.37. The van der Waals surface area contributed by atoms with Gasteiger partial charge in [-0.25, -0.2) is 4.68 Å². The van der Waals surface area contributed by atoms with E-state index in [-0.39, 0.29) is 0 Å². The average Bonchev–Trinajstić information content (AvgIpc) is 2.96. The van der Waals surface area contributed by atoms with Gasteiger partial charge < -0.3 is 5.73 Å². The standard InChI is InChI=1S/C16H23N5/c1-11-7-6-10-14(17)15(11)16-18-19-20-21(16)12(2)13-8-4-3-5-9-13/h6-7,10,12-13H,3-5,8-9,17H2,1-2H3. The predicted molar refractivity (Wildman–Crippen MR) is 83.7 cm³/mol. The van der Waals surface area contributed by atoms with Crippen molar-refractivity contribution in [3.8, 4) is 11.4 Å². The third-order valence-electron chi connectivity index (χ3n) is 4.74. The zero-order valence-electron chi connectivity index (χ0n) is 12.8. The van der Waals surface area contributed by atoms with Crippen LogP contribution in [0.15, 0.2) is 18.2 Å². The molecule has 1 aromatic heterocycles. The van der Waals surface area contributed by atoms with Crippen LogP contribution in [0.4, 0.5) is 5.69 Å². The van der Waals surface area contributed by atoms with Crippen LogP contribution < -0.4 is 5.73 Å². The average molecular weight is 285 g/mol. The number of nitrogens with two attached hydrogens (primary N) is 1. The highest BCUT2D eigenvalue weighted by Crippen LogP contribution is 2.35. The van der Waals surface area contributed by atoms with Crippen LogP contribution in [0.5, 0.6) is 0 Å². The summed E-state index contributed by atoms with van der Waals surface area (Å²) in [7, 11) is 0. The van der Waals surface area contributed by atoms with Gasteiger partial charge in [-0.05, 0) is 54.7 Å². The summed E-state index contributed by atoms with van der Waals surface area (Å²) >= 11 is 0. The van der Waals surface area contributed by atoms with Crippen molar-refractivity contribution in [1.82, 2.24) is 20.2 Å². The van der Waals surface area contributed by atoms with Gasteiger partial charge in [0.2, 0.25) is 0 Å². The number of nitrogens with zero attached hydrogens (tertiary/aromatic N) is 4. The summed E-state index contributed by atoms with van der Waals surface area (Å²) in [6, 6.07) is 6.24. The van der Waals surface area contributed by atoms with Crippen LogP contribution in [0, 0.1) is 12.8 Å². The molecule has 1 aromatic carbocycles. The lowest BCUT2D eigenvalue weighted by molar-refractivity contribution is 0.249. The third-order valence-corrected chi connectivity index (χ3v) is 4.74. The van der Waals surface area contributed by atoms with Crippen molar-refractivity contribution in [2.45, 2.75) is 52.0 Å². The van der Waals surface area contributed by atoms with Crippen LogP contribution in [0.1, 0.15) is 50.6 Å². The Morgan fingerprint density at radius 3 is 2.71 bits per heavy atom. The van der Waals surface area contributed by atoms with E-state index in [0.717, 1.165) is 22.6 Å². The number of aryl methyl sites for hydroxylation is 1. The van der Waals surface area contributed by atoms with Crippen LogP contribution in [-0.4, -0.2) is 20.2 Å². The van der Waals surface area contributed by atoms with E-state index in [0.29, 0.717) is 12.0 Å². The van der Waals surface area contributed by atoms with E-state index in [1.54, 1.807) is 0 Å². The van der Waals surface area contributed by atoms with Gasteiger partial charge in [-0.3, -0.25) is 0 Å². The Hall–Kier alpha value is -1.91. The fourth-order valence-electron chi connectivity index (χ4n) is 3.44. The molecule has 1 aliphatic carbocycles. The first-order chi connectivity index (χ1) is 10.2. The van der Waals surface area contributed by atoms with E-state index in [1.807, 2.05) is 16.8 Å². The number of hydrogen-bond donors (Lipinski definition) is 1. The van der Waals surface area contributed by atoms with Crippen LogP contribution >= 0.6 is 0 Å². The topological polar surface area (TPSA) is 69.6 Å². The summed E-state index contributed by atoms with van der Waals surface area (Å²) < 4.78 is 1.97. The lowest BCUT2D eigenvalue weighted by atomic mass is 9.84. The summed E-state index contributed by atoms with van der Waals surface area (Å²) in [5.41, 5.74) is 8.97. The molecule has 112 valence electrons. The molecule has 0 radical (unpaired) electrons. The lowest BCUT2D eigenvalue weighted by Gasteiger charge is -2.28. The molecule has 5 heteroatoms. The summed E-state index contributed by atoms with van der Waals surface area (Å²) in [5.74, 6) is 1.45. The number of hydrogen-bond acceptors (Lipinski definition) is 4. The molecule has 5 nitrogen and oxygen atoms in total. The van der Waals surface area contributed by atoms with E-state index in [1.165, 1.54) is 32.1 Å². The van der Waals surface area contributed by atoms with Gasteiger partial charge in [-0.15, -0.1) is 5.10 Å². The normalized spacial score (nSPS) is 17.8. The highest BCUT2D eigenvalue weighted by molar-refractivity contribution is 5.74. The van der Waals surface area contributed by atoms with E-state index < -0.39 is 0 Å². The van der Waals surface area contributed by atoms with Crippen molar-refractivity contribution < 1.29 is 0 Å². The molecule has 3 rings (SSSR count). The molecule has 0 amide bonds. The van der Waals surface area contributed by atoms with Crippen molar-refractivity contribution in [1.29, 1.82) is 0 Å². The molecular weight excluding hydrogens is 262 g/mol. The van der Waals surface area contributed by atoms with Crippen molar-refractivity contribution in [3.05, 3.63) is 23.8 Å². The molecular formula is C16H23N5. The second-order valence-electron chi connectivity index (χ2n) is 6.12. The molecule has 0 bridgehead atoms. The maximum atomic E-state index is 6.15. The quantitative estimate of drug-likeness (QED) is 0.878. The Morgan fingerprint density at radius 2 is 2.00 bits per heavy atom. The maximum Gasteiger partial charge on any atom is 0.184 e. The summed E-state index contributed by atoms with van der Waals surface area (Å²) in [6.45, 7) is 4.28. The summed E-state index contributed by atoms with van der Waals surface area (Å²) in [5, 5.41) is 12.4. The van der Waals surface area contributed by atoms with Crippen LogP contribution in [-0.2, 0) is 0 Å². The van der Waals surface area contributed by atoms with Crippen LogP contribution in [0.25, 0.3) is 11.4 Å². The minimum Gasteiger partial charge on any atom is -0.398 e. The van der Waals surface area contributed by atoms with Crippen LogP contribution in [0.2, 0.25) is 0 Å². The van der Waals surface area contributed by atoms with Crippen LogP contribution in [0.3, 0.4) is 0 Å². The van der Waals surface area contributed by atoms with Gasteiger partial charge in [0.15, 0.2) is 5.82 Å². The van der Waals surface area contributed by atoms with Crippen molar-refractivity contribution in [2.24, 2.45) is 5.92 Å². The van der Waals surface area contributed by atoms with Crippen molar-refractivity contribution >= 4 is 5.69 Å². The Kier molecular flexibility index (Phi) is 3.90. The van der Waals surface area contributed by atoms with Gasteiger partial charge in [0, 0.05) is 11.3 Å². The largest absolute Gasteiger partial charge is 0.398 e. The number of rotatable bonds is 3. The fraction of sp³-hybridized carbons (Fsp3) is 0.562. The first-order valence-corrected chi connectivity index (χ1v) is 7.82. The third kappa shape index (κ3) is 2.64. The number of anilines is 1. The Balaban J connectivity index is 1.97. The Labute approximate surface area is 125 Å². The summed E-state index contributed by atoms with van der Waals surface area (Å²) in [6.07, 6.45) is 6.53. The molecule has 2 N–H and O–H groups in total. The highest BCUT2D eigenvalue weighted by Gasteiger charge is 2.26. The van der Waals surface area contributed by atoms with E-state index in [2.05, 4.69) is 35.4 Å². The Bertz CT molecular complexity index is 593. The Morgan fingerprint density at radius 1 is 1.24 bits per heavy atom. The van der Waals surface area contributed by atoms with E-state index >= 15 is 0 Å². The molecule has 21 heavy (non-hydrogen) atoms. The fourth-order valence-corrected chi connectivity index (χ4v) is 3.44. The molecule has 1 aliphatic rings. The number of aromatic nitrogens is 4. The van der Waals surface area contributed by atoms with Gasteiger partial charge in [0.25, 0.3) is 0 Å². The molecule has 1 heterocycles. The number of benzene rings is 1. The molecule has 1 atom stereocenters. The molecule has 2 aromatic rings. The number of nitrogen functional groups attached to an aromatic ring is 1. The molecule has 0 saturated heterocycles. The van der Waals surface area contributed by atoms with E-state index in [4.69, 9.17) is 5.73 Å². The van der Waals surface area contributed by atoms with Crippen molar-refractivity contribution in [3.63, 3.8) is 0 Å². The first kappa shape index (κ1) is 14.0. The lowest BCUT2D eigenvalue weighted by Crippen LogP contribution is -2.21. The number of tetrazole rings is 1. The second-order valence-corrected chi connectivity index (χ2v) is 6.12.